The molecule has 0 saturated carbocycles. The van der Waals surface area contributed by atoms with Gasteiger partial charge in [-0.15, -0.1) is 0 Å². The third-order valence-electron chi connectivity index (χ3n) is 3.07. The molecule has 0 aliphatic rings. The van der Waals surface area contributed by atoms with Crippen molar-refractivity contribution >= 4 is 26.0 Å². The van der Waals surface area contributed by atoms with Gasteiger partial charge >= 0.3 is 0 Å². The fourth-order valence-electron chi connectivity index (χ4n) is 1.88. The Labute approximate surface area is 133 Å². The van der Waals surface area contributed by atoms with Gasteiger partial charge in [0.05, 0.1) is 12.0 Å². The normalized spacial score (nSPS) is 12.9. The van der Waals surface area contributed by atoms with E-state index < -0.39 is 10.0 Å². The van der Waals surface area contributed by atoms with Gasteiger partial charge in [-0.25, -0.2) is 13.1 Å². The first kappa shape index (κ1) is 16.0. The van der Waals surface area contributed by atoms with E-state index in [-0.39, 0.29) is 10.9 Å². The summed E-state index contributed by atoms with van der Waals surface area (Å²) < 4.78 is 33.3. The average Bonchev–Trinajstić information content (AvgIpc) is 2.47. The molecule has 112 valence electrons. The number of rotatable bonds is 5. The third-order valence-corrected chi connectivity index (χ3v) is 5.16. The van der Waals surface area contributed by atoms with Crippen LogP contribution in [-0.4, -0.2) is 15.5 Å². The molecular weight excluding hydrogens is 354 g/mol. The van der Waals surface area contributed by atoms with E-state index in [4.69, 9.17) is 4.74 Å². The van der Waals surface area contributed by atoms with Crippen molar-refractivity contribution < 1.29 is 13.2 Å². The van der Waals surface area contributed by atoms with Crippen LogP contribution in [0.2, 0.25) is 0 Å². The highest BCUT2D eigenvalue weighted by Gasteiger charge is 2.18. The van der Waals surface area contributed by atoms with Crippen LogP contribution in [0.25, 0.3) is 0 Å². The third kappa shape index (κ3) is 4.06. The lowest BCUT2D eigenvalue weighted by atomic mass is 10.1. The molecule has 0 amide bonds. The zero-order chi connectivity index (χ0) is 15.5. The molecular formula is C15H16BrNO3S. The summed E-state index contributed by atoms with van der Waals surface area (Å²) in [4.78, 5) is 0.215. The first-order valence-electron chi connectivity index (χ1n) is 6.34. The van der Waals surface area contributed by atoms with E-state index in [1.54, 1.807) is 12.1 Å². The molecule has 0 fully saturated rings. The van der Waals surface area contributed by atoms with Gasteiger partial charge in [-0.2, -0.15) is 0 Å². The predicted molar refractivity (Wildman–Crippen MR) is 85.9 cm³/mol. The molecule has 6 heteroatoms. The summed E-state index contributed by atoms with van der Waals surface area (Å²) >= 11 is 3.36. The van der Waals surface area contributed by atoms with Crippen molar-refractivity contribution in [1.82, 2.24) is 4.72 Å². The highest BCUT2D eigenvalue weighted by molar-refractivity contribution is 9.10. The van der Waals surface area contributed by atoms with Crippen LogP contribution in [0.15, 0.2) is 57.9 Å². The molecule has 0 saturated heterocycles. The Morgan fingerprint density at radius 1 is 1.05 bits per heavy atom. The molecule has 1 atom stereocenters. The SMILES string of the molecule is COc1ccc(S(=O)(=O)NC(C)c2ccc(Br)cc2)cc1. The maximum absolute atomic E-state index is 12.3. The van der Waals surface area contributed by atoms with Gasteiger partial charge < -0.3 is 4.74 Å². The molecule has 0 aliphatic carbocycles. The van der Waals surface area contributed by atoms with Crippen LogP contribution in [-0.2, 0) is 10.0 Å². The molecule has 0 aliphatic heterocycles. The number of methoxy groups -OCH3 is 1. The van der Waals surface area contributed by atoms with Gasteiger partial charge in [0.1, 0.15) is 5.75 Å². The maximum Gasteiger partial charge on any atom is 0.241 e. The summed E-state index contributed by atoms with van der Waals surface area (Å²) in [6, 6.07) is 13.5. The standard InChI is InChI=1S/C15H16BrNO3S/c1-11(12-3-5-13(16)6-4-12)17-21(18,19)15-9-7-14(20-2)8-10-15/h3-11,17H,1-2H3. The van der Waals surface area contributed by atoms with Gasteiger partial charge in [0, 0.05) is 10.5 Å². The zero-order valence-electron chi connectivity index (χ0n) is 11.7. The van der Waals surface area contributed by atoms with E-state index in [2.05, 4.69) is 20.7 Å². The Bertz CT molecular complexity index is 697. The lowest BCUT2D eigenvalue weighted by Crippen LogP contribution is -2.26. The first-order valence-corrected chi connectivity index (χ1v) is 8.62. The quantitative estimate of drug-likeness (QED) is 0.877. The van der Waals surface area contributed by atoms with Crippen LogP contribution in [0.5, 0.6) is 5.75 Å². The first-order chi connectivity index (χ1) is 9.92. The Hall–Kier alpha value is -1.37. The van der Waals surface area contributed by atoms with Crippen LogP contribution >= 0.6 is 15.9 Å². The summed E-state index contributed by atoms with van der Waals surface area (Å²) in [5, 5.41) is 0. The van der Waals surface area contributed by atoms with Gasteiger partial charge in [0.15, 0.2) is 0 Å². The van der Waals surface area contributed by atoms with E-state index >= 15 is 0 Å². The van der Waals surface area contributed by atoms with Gasteiger partial charge in [-0.05, 0) is 48.9 Å². The van der Waals surface area contributed by atoms with Crippen molar-refractivity contribution in [1.29, 1.82) is 0 Å². The minimum Gasteiger partial charge on any atom is -0.497 e. The van der Waals surface area contributed by atoms with E-state index in [1.807, 2.05) is 31.2 Å². The van der Waals surface area contributed by atoms with E-state index in [0.29, 0.717) is 5.75 Å². The molecule has 21 heavy (non-hydrogen) atoms. The summed E-state index contributed by atoms with van der Waals surface area (Å²) in [6.45, 7) is 1.81. The molecule has 1 N–H and O–H groups in total. The number of hydrogen-bond donors (Lipinski definition) is 1. The number of ether oxygens (including phenoxy) is 1. The average molecular weight is 370 g/mol. The number of nitrogens with one attached hydrogen (secondary N) is 1. The fourth-order valence-corrected chi connectivity index (χ4v) is 3.37. The molecule has 2 aromatic rings. The van der Waals surface area contributed by atoms with E-state index in [1.165, 1.54) is 19.2 Å². The molecule has 0 heterocycles. The predicted octanol–water partition coefficient (Wildman–Crippen LogP) is 3.50. The van der Waals surface area contributed by atoms with Crippen LogP contribution in [0, 0.1) is 0 Å². The molecule has 2 rings (SSSR count). The smallest absolute Gasteiger partial charge is 0.241 e. The number of halogens is 1. The Morgan fingerprint density at radius 3 is 2.14 bits per heavy atom. The molecule has 1 unspecified atom stereocenters. The largest absolute Gasteiger partial charge is 0.497 e. The summed E-state index contributed by atoms with van der Waals surface area (Å²) in [7, 11) is -2.02. The Morgan fingerprint density at radius 2 is 1.62 bits per heavy atom. The Kier molecular flexibility index (Phi) is 5.03. The Balaban J connectivity index is 2.17. The zero-order valence-corrected chi connectivity index (χ0v) is 14.1. The molecule has 0 spiro atoms. The maximum atomic E-state index is 12.3. The van der Waals surface area contributed by atoms with Crippen molar-refractivity contribution in [2.24, 2.45) is 0 Å². The minimum absolute atomic E-state index is 0.215. The van der Waals surface area contributed by atoms with Gasteiger partial charge in [-0.1, -0.05) is 28.1 Å². The van der Waals surface area contributed by atoms with Gasteiger partial charge in [-0.3, -0.25) is 0 Å². The fraction of sp³-hybridized carbons (Fsp3) is 0.200. The second-order valence-corrected chi connectivity index (χ2v) is 7.20. The highest BCUT2D eigenvalue weighted by Crippen LogP contribution is 2.20. The monoisotopic (exact) mass is 369 g/mol. The minimum atomic E-state index is -3.56. The van der Waals surface area contributed by atoms with E-state index in [0.717, 1.165) is 10.0 Å². The van der Waals surface area contributed by atoms with Gasteiger partial charge in [0.25, 0.3) is 0 Å². The van der Waals surface area contributed by atoms with Crippen molar-refractivity contribution in [3.05, 3.63) is 58.6 Å². The highest BCUT2D eigenvalue weighted by atomic mass is 79.9. The van der Waals surface area contributed by atoms with Crippen molar-refractivity contribution in [3.8, 4) is 5.75 Å². The number of hydrogen-bond acceptors (Lipinski definition) is 3. The summed E-state index contributed by atoms with van der Waals surface area (Å²) in [5.74, 6) is 0.620. The molecule has 0 aromatic heterocycles. The van der Waals surface area contributed by atoms with Crippen LogP contribution in [0.4, 0.5) is 0 Å². The molecule has 0 bridgehead atoms. The molecule has 2 aromatic carbocycles. The lowest BCUT2D eigenvalue weighted by Gasteiger charge is -2.15. The van der Waals surface area contributed by atoms with Gasteiger partial charge in [0.2, 0.25) is 10.0 Å². The van der Waals surface area contributed by atoms with Crippen LogP contribution in [0.3, 0.4) is 0 Å². The van der Waals surface area contributed by atoms with Crippen molar-refractivity contribution in [3.63, 3.8) is 0 Å². The second-order valence-electron chi connectivity index (χ2n) is 4.57. The number of sulfonamides is 1. The van der Waals surface area contributed by atoms with Crippen molar-refractivity contribution in [2.45, 2.75) is 17.9 Å². The second kappa shape index (κ2) is 6.60. The molecule has 0 radical (unpaired) electrons. The van der Waals surface area contributed by atoms with E-state index in [9.17, 15) is 8.42 Å². The molecule has 4 nitrogen and oxygen atoms in total. The summed E-state index contributed by atoms with van der Waals surface area (Å²) in [5.41, 5.74) is 0.898. The van der Waals surface area contributed by atoms with Crippen LogP contribution < -0.4 is 9.46 Å². The lowest BCUT2D eigenvalue weighted by molar-refractivity contribution is 0.414. The van der Waals surface area contributed by atoms with Crippen molar-refractivity contribution in [2.75, 3.05) is 7.11 Å². The summed E-state index contributed by atoms with van der Waals surface area (Å²) in [6.07, 6.45) is 0. The number of benzene rings is 2. The topological polar surface area (TPSA) is 55.4 Å². The van der Waals surface area contributed by atoms with Crippen LogP contribution in [0.1, 0.15) is 18.5 Å².